The first-order valence-electron chi connectivity index (χ1n) is 11.5. The Morgan fingerprint density at radius 2 is 1.86 bits per heavy atom. The molecular weight excluding hydrogens is 360 g/mol. The Bertz CT molecular complexity index is 664. The molecule has 2 N–H and O–H groups in total. The van der Waals surface area contributed by atoms with Crippen LogP contribution in [0.25, 0.3) is 0 Å². The summed E-state index contributed by atoms with van der Waals surface area (Å²) in [6.07, 6.45) is 11.3. The molecule has 5 nitrogen and oxygen atoms in total. The van der Waals surface area contributed by atoms with E-state index >= 15 is 0 Å². The summed E-state index contributed by atoms with van der Waals surface area (Å²) in [7, 11) is 1.83. The van der Waals surface area contributed by atoms with Crippen LogP contribution >= 0.6 is 0 Å². The van der Waals surface area contributed by atoms with Crippen molar-refractivity contribution in [1.29, 1.82) is 0 Å². The van der Waals surface area contributed by atoms with E-state index in [1.165, 1.54) is 56.1 Å². The standard InChI is InChI=1S/C24H38N4O/c1-19(10-11-20-7-4-3-5-8-20)27-24(25-2)26-17-21-12-14-22(15-13-21)18-28-16-6-9-23(28)29/h12-15,19-20H,3-11,16-18H2,1-2H3,(H2,25,26,27). The van der Waals surface area contributed by atoms with Crippen LogP contribution in [0.2, 0.25) is 0 Å². The van der Waals surface area contributed by atoms with Crippen LogP contribution in [0.3, 0.4) is 0 Å². The van der Waals surface area contributed by atoms with Crippen LogP contribution in [-0.2, 0) is 17.9 Å². The first-order valence-corrected chi connectivity index (χ1v) is 11.5. The molecule has 2 aliphatic rings. The molecule has 1 aliphatic carbocycles. The van der Waals surface area contributed by atoms with E-state index in [0.717, 1.165) is 37.9 Å². The Kier molecular flexibility index (Phi) is 8.38. The zero-order valence-electron chi connectivity index (χ0n) is 18.3. The lowest BCUT2D eigenvalue weighted by Gasteiger charge is -2.24. The van der Waals surface area contributed by atoms with E-state index in [9.17, 15) is 4.79 Å². The van der Waals surface area contributed by atoms with E-state index in [4.69, 9.17) is 0 Å². The second-order valence-electron chi connectivity index (χ2n) is 8.79. The number of carbonyl (C=O) groups is 1. The fourth-order valence-corrected chi connectivity index (χ4v) is 4.50. The molecule has 1 aromatic rings. The molecule has 1 heterocycles. The summed E-state index contributed by atoms with van der Waals surface area (Å²) < 4.78 is 0. The van der Waals surface area contributed by atoms with Crippen molar-refractivity contribution in [2.24, 2.45) is 10.9 Å². The van der Waals surface area contributed by atoms with Crippen molar-refractivity contribution in [2.75, 3.05) is 13.6 Å². The van der Waals surface area contributed by atoms with Gasteiger partial charge in [0.2, 0.25) is 5.91 Å². The largest absolute Gasteiger partial charge is 0.354 e. The monoisotopic (exact) mass is 398 g/mol. The fourth-order valence-electron chi connectivity index (χ4n) is 4.50. The molecule has 5 heteroatoms. The van der Waals surface area contributed by atoms with Crippen molar-refractivity contribution in [3.05, 3.63) is 35.4 Å². The highest BCUT2D eigenvalue weighted by molar-refractivity contribution is 5.80. The molecule has 0 aromatic heterocycles. The topological polar surface area (TPSA) is 56.7 Å². The number of hydrogen-bond acceptors (Lipinski definition) is 2. The molecule has 1 unspecified atom stereocenters. The van der Waals surface area contributed by atoms with Gasteiger partial charge in [0, 0.05) is 39.1 Å². The Morgan fingerprint density at radius 3 is 2.52 bits per heavy atom. The maximum absolute atomic E-state index is 11.8. The van der Waals surface area contributed by atoms with Crippen LogP contribution in [-0.4, -0.2) is 36.4 Å². The zero-order valence-corrected chi connectivity index (χ0v) is 18.3. The van der Waals surface area contributed by atoms with Crippen molar-refractivity contribution < 1.29 is 4.79 Å². The van der Waals surface area contributed by atoms with Crippen LogP contribution in [0.1, 0.15) is 75.8 Å². The maximum Gasteiger partial charge on any atom is 0.222 e. The third-order valence-corrected chi connectivity index (χ3v) is 6.37. The van der Waals surface area contributed by atoms with Gasteiger partial charge in [-0.1, -0.05) is 56.4 Å². The highest BCUT2D eigenvalue weighted by atomic mass is 16.2. The molecule has 0 spiro atoms. The molecule has 160 valence electrons. The van der Waals surface area contributed by atoms with Gasteiger partial charge in [0.05, 0.1) is 0 Å². The van der Waals surface area contributed by atoms with Crippen molar-refractivity contribution in [1.82, 2.24) is 15.5 Å². The van der Waals surface area contributed by atoms with Crippen LogP contribution in [0.4, 0.5) is 0 Å². The molecule has 0 bridgehead atoms. The van der Waals surface area contributed by atoms with Crippen LogP contribution < -0.4 is 10.6 Å². The molecule has 2 fully saturated rings. The average Bonchev–Trinajstić information content (AvgIpc) is 3.15. The summed E-state index contributed by atoms with van der Waals surface area (Å²) in [6.45, 7) is 4.62. The van der Waals surface area contributed by atoms with Crippen molar-refractivity contribution in [3.8, 4) is 0 Å². The predicted octanol–water partition coefficient (Wildman–Crippen LogP) is 4.22. The number of carbonyl (C=O) groups excluding carboxylic acids is 1. The molecule has 3 rings (SSSR count). The third-order valence-electron chi connectivity index (χ3n) is 6.37. The van der Waals surface area contributed by atoms with Crippen molar-refractivity contribution >= 4 is 11.9 Å². The number of amides is 1. The van der Waals surface area contributed by atoms with Gasteiger partial charge in [0.1, 0.15) is 0 Å². The highest BCUT2D eigenvalue weighted by Gasteiger charge is 2.19. The molecule has 0 radical (unpaired) electrons. The SMILES string of the molecule is CN=C(NCc1ccc(CN2CCCC2=O)cc1)NC(C)CCC1CCCCC1. The number of nitrogens with zero attached hydrogens (tertiary/aromatic N) is 2. The first kappa shape index (κ1) is 21.7. The minimum atomic E-state index is 0.281. The second-order valence-corrected chi connectivity index (χ2v) is 8.79. The number of aliphatic imine (C=N–C) groups is 1. The highest BCUT2D eigenvalue weighted by Crippen LogP contribution is 2.27. The number of nitrogens with one attached hydrogen (secondary N) is 2. The summed E-state index contributed by atoms with van der Waals surface area (Å²) in [4.78, 5) is 18.1. The second kappa shape index (κ2) is 11.2. The quantitative estimate of drug-likeness (QED) is 0.509. The Balaban J connectivity index is 1.38. The van der Waals surface area contributed by atoms with Gasteiger partial charge < -0.3 is 15.5 Å². The van der Waals surface area contributed by atoms with E-state index in [2.05, 4.69) is 46.8 Å². The number of benzene rings is 1. The Morgan fingerprint density at radius 1 is 1.14 bits per heavy atom. The van der Waals surface area contributed by atoms with Gasteiger partial charge in [0.25, 0.3) is 0 Å². The number of likely N-dealkylation sites (tertiary alicyclic amines) is 1. The predicted molar refractivity (Wildman–Crippen MR) is 120 cm³/mol. The Hall–Kier alpha value is -2.04. The van der Waals surface area contributed by atoms with E-state index in [1.54, 1.807) is 0 Å². The first-order chi connectivity index (χ1) is 14.1. The van der Waals surface area contributed by atoms with Gasteiger partial charge in [-0.05, 0) is 43.2 Å². The number of guanidine groups is 1. The summed E-state index contributed by atoms with van der Waals surface area (Å²) in [5.74, 6) is 2.08. The minimum Gasteiger partial charge on any atom is -0.354 e. The van der Waals surface area contributed by atoms with Gasteiger partial charge in [-0.2, -0.15) is 0 Å². The van der Waals surface area contributed by atoms with Crippen LogP contribution in [0.5, 0.6) is 0 Å². The fraction of sp³-hybridized carbons (Fsp3) is 0.667. The van der Waals surface area contributed by atoms with Crippen molar-refractivity contribution in [2.45, 2.75) is 83.8 Å². The summed E-state index contributed by atoms with van der Waals surface area (Å²) in [5.41, 5.74) is 2.42. The van der Waals surface area contributed by atoms with E-state index in [1.807, 2.05) is 11.9 Å². The maximum atomic E-state index is 11.8. The van der Waals surface area contributed by atoms with Gasteiger partial charge in [-0.15, -0.1) is 0 Å². The zero-order chi connectivity index (χ0) is 20.5. The number of hydrogen-bond donors (Lipinski definition) is 2. The van der Waals surface area contributed by atoms with Gasteiger partial charge in [-0.25, -0.2) is 0 Å². The molecule has 1 amide bonds. The minimum absolute atomic E-state index is 0.281. The lowest BCUT2D eigenvalue weighted by atomic mass is 9.85. The average molecular weight is 399 g/mol. The summed E-state index contributed by atoms with van der Waals surface area (Å²) >= 11 is 0. The van der Waals surface area contributed by atoms with Crippen LogP contribution in [0.15, 0.2) is 29.3 Å². The molecular formula is C24H38N4O. The number of rotatable bonds is 8. The van der Waals surface area contributed by atoms with E-state index in [0.29, 0.717) is 12.5 Å². The molecule has 1 aliphatic heterocycles. The third kappa shape index (κ3) is 7.06. The normalized spacial score (nSPS) is 19.4. The molecule has 29 heavy (non-hydrogen) atoms. The van der Waals surface area contributed by atoms with Gasteiger partial charge >= 0.3 is 0 Å². The molecule has 1 atom stereocenters. The lowest BCUT2D eigenvalue weighted by Crippen LogP contribution is -2.42. The summed E-state index contributed by atoms with van der Waals surface area (Å²) in [6, 6.07) is 8.98. The van der Waals surface area contributed by atoms with Crippen molar-refractivity contribution in [3.63, 3.8) is 0 Å². The smallest absolute Gasteiger partial charge is 0.222 e. The molecule has 1 saturated carbocycles. The van der Waals surface area contributed by atoms with E-state index in [-0.39, 0.29) is 5.91 Å². The van der Waals surface area contributed by atoms with Gasteiger partial charge in [0.15, 0.2) is 5.96 Å². The molecule has 1 saturated heterocycles. The lowest BCUT2D eigenvalue weighted by molar-refractivity contribution is -0.128. The van der Waals surface area contributed by atoms with E-state index < -0.39 is 0 Å². The van der Waals surface area contributed by atoms with Crippen LogP contribution in [0, 0.1) is 5.92 Å². The summed E-state index contributed by atoms with van der Waals surface area (Å²) in [5, 5.41) is 6.96. The Labute approximate surface area is 176 Å². The molecule has 1 aromatic carbocycles. The van der Waals surface area contributed by atoms with Gasteiger partial charge in [-0.3, -0.25) is 9.79 Å².